The van der Waals surface area contributed by atoms with E-state index in [9.17, 15) is 4.79 Å². The van der Waals surface area contributed by atoms with Gasteiger partial charge >= 0.3 is 0 Å². The van der Waals surface area contributed by atoms with Crippen molar-refractivity contribution < 1.29 is 0 Å². The topological polar surface area (TPSA) is 46.9 Å². The Hall–Kier alpha value is -1.96. The molecule has 2 rings (SSSR count). The predicted octanol–water partition coefficient (Wildman–Crippen LogP) is 3.36. The van der Waals surface area contributed by atoms with Crippen molar-refractivity contribution in [2.75, 3.05) is 5.32 Å². The Morgan fingerprint density at radius 1 is 1.38 bits per heavy atom. The summed E-state index contributed by atoms with van der Waals surface area (Å²) < 4.78 is 1.18. The zero-order chi connectivity index (χ0) is 15.4. The number of halogens is 2. The molecule has 1 aromatic carbocycles. The summed E-state index contributed by atoms with van der Waals surface area (Å²) in [4.78, 5) is 12.2. The smallest absolute Gasteiger partial charge is 0.292 e. The molecule has 1 N–H and O–H groups in total. The highest BCUT2D eigenvalue weighted by atomic mass is 35.5. The highest BCUT2D eigenvalue weighted by Crippen LogP contribution is 2.23. The molecule has 0 spiro atoms. The van der Waals surface area contributed by atoms with Crippen LogP contribution in [0, 0.1) is 12.3 Å². The SMILES string of the molecule is C#CCn1ncc(Cl)c(NC(C)c2ccc(Cl)cc2)c1=O. The molecule has 0 aliphatic carbocycles. The molecule has 1 heterocycles. The van der Waals surface area contributed by atoms with E-state index >= 15 is 0 Å². The molecular weight excluding hydrogens is 309 g/mol. The van der Waals surface area contributed by atoms with Crippen LogP contribution in [-0.2, 0) is 6.54 Å². The molecule has 0 saturated heterocycles. The van der Waals surface area contributed by atoms with E-state index in [2.05, 4.69) is 16.3 Å². The molecule has 0 aliphatic heterocycles. The first-order valence-electron chi connectivity index (χ1n) is 6.24. The van der Waals surface area contributed by atoms with Crippen molar-refractivity contribution in [1.29, 1.82) is 0 Å². The zero-order valence-corrected chi connectivity index (χ0v) is 12.8. The van der Waals surface area contributed by atoms with Crippen molar-refractivity contribution in [3.63, 3.8) is 0 Å². The number of anilines is 1. The minimum absolute atomic E-state index is 0.0972. The number of benzene rings is 1. The maximum atomic E-state index is 12.2. The number of hydrogen-bond acceptors (Lipinski definition) is 3. The Morgan fingerprint density at radius 2 is 2.05 bits per heavy atom. The van der Waals surface area contributed by atoms with Crippen LogP contribution in [0.2, 0.25) is 10.0 Å². The van der Waals surface area contributed by atoms with Gasteiger partial charge in [0.25, 0.3) is 5.56 Å². The molecule has 1 unspecified atom stereocenters. The van der Waals surface area contributed by atoms with Crippen LogP contribution in [0.3, 0.4) is 0 Å². The number of hydrogen-bond donors (Lipinski definition) is 1. The number of terminal acetylenes is 1. The van der Waals surface area contributed by atoms with Gasteiger partial charge in [-0.2, -0.15) is 5.10 Å². The van der Waals surface area contributed by atoms with Gasteiger partial charge in [0.05, 0.1) is 11.2 Å². The van der Waals surface area contributed by atoms with Gasteiger partial charge in [-0.1, -0.05) is 41.3 Å². The lowest BCUT2D eigenvalue weighted by Crippen LogP contribution is -2.26. The van der Waals surface area contributed by atoms with Crippen LogP contribution < -0.4 is 10.9 Å². The van der Waals surface area contributed by atoms with E-state index in [1.54, 1.807) is 12.1 Å². The van der Waals surface area contributed by atoms with Gasteiger partial charge in [-0.15, -0.1) is 6.42 Å². The minimum Gasteiger partial charge on any atom is -0.373 e. The van der Waals surface area contributed by atoms with Gasteiger partial charge in [0, 0.05) is 11.1 Å². The summed E-state index contributed by atoms with van der Waals surface area (Å²) in [6, 6.07) is 7.23. The van der Waals surface area contributed by atoms with Gasteiger partial charge in [0.2, 0.25) is 0 Å². The van der Waals surface area contributed by atoms with Crippen molar-refractivity contribution in [1.82, 2.24) is 9.78 Å². The maximum absolute atomic E-state index is 12.2. The van der Waals surface area contributed by atoms with Crippen LogP contribution >= 0.6 is 23.2 Å². The summed E-state index contributed by atoms with van der Waals surface area (Å²) in [5.74, 6) is 2.38. The highest BCUT2D eigenvalue weighted by Gasteiger charge is 2.13. The zero-order valence-electron chi connectivity index (χ0n) is 11.3. The summed E-state index contributed by atoms with van der Waals surface area (Å²) in [5, 5.41) is 7.90. The van der Waals surface area contributed by atoms with Crippen LogP contribution in [0.5, 0.6) is 0 Å². The molecule has 0 saturated carbocycles. The van der Waals surface area contributed by atoms with Gasteiger partial charge in [-0.05, 0) is 24.6 Å². The van der Waals surface area contributed by atoms with E-state index in [1.165, 1.54) is 10.9 Å². The third kappa shape index (κ3) is 3.57. The molecule has 0 bridgehead atoms. The summed E-state index contributed by atoms with van der Waals surface area (Å²) >= 11 is 11.9. The Balaban J connectivity index is 2.31. The Morgan fingerprint density at radius 3 is 2.67 bits per heavy atom. The summed E-state index contributed by atoms with van der Waals surface area (Å²) in [6.45, 7) is 2.02. The Kier molecular flexibility index (Phi) is 4.89. The lowest BCUT2D eigenvalue weighted by molar-refractivity contribution is 0.662. The summed E-state index contributed by atoms with van der Waals surface area (Å²) in [5.41, 5.74) is 0.917. The Bertz CT molecular complexity index is 732. The average molecular weight is 322 g/mol. The molecule has 0 radical (unpaired) electrons. The molecule has 4 nitrogen and oxygen atoms in total. The normalized spacial score (nSPS) is 11.7. The van der Waals surface area contributed by atoms with E-state index in [1.807, 2.05) is 19.1 Å². The van der Waals surface area contributed by atoms with Crippen LogP contribution in [0.25, 0.3) is 0 Å². The van der Waals surface area contributed by atoms with E-state index < -0.39 is 0 Å². The molecule has 1 atom stereocenters. The number of nitrogens with zero attached hydrogens (tertiary/aromatic N) is 2. The second kappa shape index (κ2) is 6.66. The monoisotopic (exact) mass is 321 g/mol. The predicted molar refractivity (Wildman–Crippen MR) is 85.8 cm³/mol. The fourth-order valence-corrected chi connectivity index (χ4v) is 2.15. The minimum atomic E-state index is -0.346. The van der Waals surface area contributed by atoms with Crippen LogP contribution in [0.1, 0.15) is 18.5 Å². The lowest BCUT2D eigenvalue weighted by Gasteiger charge is -2.16. The summed E-state index contributed by atoms with van der Waals surface area (Å²) in [7, 11) is 0. The van der Waals surface area contributed by atoms with E-state index in [4.69, 9.17) is 29.6 Å². The molecule has 0 amide bonds. The van der Waals surface area contributed by atoms with Crippen molar-refractivity contribution >= 4 is 28.9 Å². The van der Waals surface area contributed by atoms with Crippen LogP contribution in [-0.4, -0.2) is 9.78 Å². The van der Waals surface area contributed by atoms with Gasteiger partial charge < -0.3 is 5.32 Å². The number of aromatic nitrogens is 2. The molecule has 6 heteroatoms. The first-order valence-corrected chi connectivity index (χ1v) is 6.99. The van der Waals surface area contributed by atoms with Gasteiger partial charge in [-0.3, -0.25) is 4.79 Å². The van der Waals surface area contributed by atoms with Crippen molar-refractivity contribution in [3.8, 4) is 12.3 Å². The Labute approximate surface area is 132 Å². The van der Waals surface area contributed by atoms with Crippen molar-refractivity contribution in [2.24, 2.45) is 0 Å². The van der Waals surface area contributed by atoms with Crippen molar-refractivity contribution in [2.45, 2.75) is 19.5 Å². The fraction of sp³-hybridized carbons (Fsp3) is 0.200. The van der Waals surface area contributed by atoms with Crippen molar-refractivity contribution in [3.05, 3.63) is 56.4 Å². The molecule has 1 aromatic heterocycles. The van der Waals surface area contributed by atoms with Crippen LogP contribution in [0.4, 0.5) is 5.69 Å². The maximum Gasteiger partial charge on any atom is 0.292 e. The van der Waals surface area contributed by atoms with E-state index in [0.29, 0.717) is 5.02 Å². The van der Waals surface area contributed by atoms with Crippen LogP contribution in [0.15, 0.2) is 35.3 Å². The molecule has 108 valence electrons. The third-order valence-electron chi connectivity index (χ3n) is 2.97. The highest BCUT2D eigenvalue weighted by molar-refractivity contribution is 6.33. The van der Waals surface area contributed by atoms with Gasteiger partial charge in [0.15, 0.2) is 0 Å². The standard InChI is InChI=1S/C15H13Cl2N3O/c1-3-8-20-15(21)14(13(17)9-18-20)19-10(2)11-4-6-12(16)7-5-11/h1,4-7,9-10,19H,8H2,2H3. The average Bonchev–Trinajstić information content (AvgIpc) is 2.47. The van der Waals surface area contributed by atoms with Gasteiger partial charge in [0.1, 0.15) is 12.2 Å². The molecule has 0 aliphatic rings. The molecular formula is C15H13Cl2N3O. The molecule has 2 aromatic rings. The summed E-state index contributed by atoms with van der Waals surface area (Å²) in [6.07, 6.45) is 6.61. The number of rotatable bonds is 4. The second-order valence-electron chi connectivity index (χ2n) is 4.45. The second-order valence-corrected chi connectivity index (χ2v) is 5.30. The largest absolute Gasteiger partial charge is 0.373 e. The molecule has 0 fully saturated rings. The van der Waals surface area contributed by atoms with E-state index in [0.717, 1.165) is 5.56 Å². The molecule has 21 heavy (non-hydrogen) atoms. The first kappa shape index (κ1) is 15.4. The quantitative estimate of drug-likeness (QED) is 0.878. The van der Waals surface area contributed by atoms with E-state index in [-0.39, 0.29) is 28.9 Å². The lowest BCUT2D eigenvalue weighted by atomic mass is 10.1. The third-order valence-corrected chi connectivity index (χ3v) is 3.51. The number of nitrogens with one attached hydrogen (secondary N) is 1. The fourth-order valence-electron chi connectivity index (χ4n) is 1.85. The van der Waals surface area contributed by atoms with Gasteiger partial charge in [-0.25, -0.2) is 4.68 Å². The first-order chi connectivity index (χ1) is 10.0.